The molecule has 3 aliphatic rings. The first-order chi connectivity index (χ1) is 17.7. The number of fused-ring (bicyclic) bond motifs is 1. The van der Waals surface area contributed by atoms with Gasteiger partial charge in [-0.25, -0.2) is 0 Å². The molecule has 37 heavy (non-hydrogen) atoms. The van der Waals surface area contributed by atoms with Crippen LogP contribution in [0, 0.1) is 11.8 Å². The highest BCUT2D eigenvalue weighted by molar-refractivity contribution is 6.33. The molecular weight excluding hydrogens is 498 g/mol. The number of carbonyl (C=O) groups is 3. The first kappa shape index (κ1) is 25.5. The second-order valence-electron chi connectivity index (χ2n) is 9.90. The second kappa shape index (κ2) is 9.63. The van der Waals surface area contributed by atoms with Crippen LogP contribution in [0.25, 0.3) is 0 Å². The van der Waals surface area contributed by atoms with Gasteiger partial charge in [-0.1, -0.05) is 23.7 Å². The van der Waals surface area contributed by atoms with E-state index in [-0.39, 0.29) is 25.0 Å². The standard InChI is InChI=1S/C27H30ClN3O6/c1-3-36-17-10-8-16(9-11-17)29-23(33)20-21-25(35)31(14-15-32)22(27(21)13-12-26(20,2)37-27)24(34)30-19-7-5-4-6-18(19)28/h4-11,20-22,32H,3,12-15H2,1-2H3,(H,29,33)(H,30,34)/t20-,21-,22?,26+,27?/m0/s1. The smallest absolute Gasteiger partial charge is 0.250 e. The highest BCUT2D eigenvalue weighted by atomic mass is 35.5. The number of hydrogen-bond donors (Lipinski definition) is 3. The Labute approximate surface area is 220 Å². The van der Waals surface area contributed by atoms with Gasteiger partial charge in [0, 0.05) is 12.2 Å². The number of rotatable bonds is 8. The van der Waals surface area contributed by atoms with Crippen LogP contribution in [0.1, 0.15) is 26.7 Å². The van der Waals surface area contributed by atoms with Crippen LogP contribution in [0.15, 0.2) is 48.5 Å². The summed E-state index contributed by atoms with van der Waals surface area (Å²) in [6.45, 7) is 3.87. The number of aliphatic hydroxyl groups is 1. The molecule has 2 aromatic carbocycles. The number of likely N-dealkylation sites (tertiary alicyclic amines) is 1. The predicted molar refractivity (Wildman–Crippen MR) is 137 cm³/mol. The molecular formula is C27H30ClN3O6. The normalized spacial score (nSPS) is 29.8. The highest BCUT2D eigenvalue weighted by Gasteiger charge is 2.77. The van der Waals surface area contributed by atoms with Crippen LogP contribution in [0.5, 0.6) is 5.75 Å². The molecule has 9 nitrogen and oxygen atoms in total. The number of aliphatic hydroxyl groups excluding tert-OH is 1. The van der Waals surface area contributed by atoms with Crippen molar-refractivity contribution < 1.29 is 29.0 Å². The average molecular weight is 528 g/mol. The minimum Gasteiger partial charge on any atom is -0.494 e. The number of hydrogen-bond acceptors (Lipinski definition) is 6. The van der Waals surface area contributed by atoms with E-state index < -0.39 is 35.0 Å². The molecule has 3 fully saturated rings. The number of nitrogens with zero attached hydrogens (tertiary/aromatic N) is 1. The average Bonchev–Trinajstić information content (AvgIpc) is 3.43. The maximum Gasteiger partial charge on any atom is 0.250 e. The fourth-order valence-electron chi connectivity index (χ4n) is 6.26. The third-order valence-electron chi connectivity index (χ3n) is 7.71. The lowest BCUT2D eigenvalue weighted by atomic mass is 9.66. The monoisotopic (exact) mass is 527 g/mol. The Morgan fingerprint density at radius 2 is 1.86 bits per heavy atom. The van der Waals surface area contributed by atoms with E-state index >= 15 is 0 Å². The molecule has 10 heteroatoms. The Hall–Kier alpha value is -3.14. The number of nitrogens with one attached hydrogen (secondary N) is 2. The molecule has 3 heterocycles. The summed E-state index contributed by atoms with van der Waals surface area (Å²) >= 11 is 6.25. The second-order valence-corrected chi connectivity index (χ2v) is 10.3. The van der Waals surface area contributed by atoms with E-state index in [1.165, 1.54) is 4.90 Å². The quantitative estimate of drug-likeness (QED) is 0.486. The lowest BCUT2D eigenvalue weighted by molar-refractivity contribution is -0.143. The van der Waals surface area contributed by atoms with Crippen molar-refractivity contribution >= 4 is 40.7 Å². The van der Waals surface area contributed by atoms with Crippen molar-refractivity contribution in [3.63, 3.8) is 0 Å². The highest BCUT2D eigenvalue weighted by Crippen LogP contribution is 2.63. The first-order valence-electron chi connectivity index (χ1n) is 12.4. The molecule has 5 rings (SSSR count). The van der Waals surface area contributed by atoms with Gasteiger partial charge in [-0.2, -0.15) is 0 Å². The van der Waals surface area contributed by atoms with Crippen LogP contribution < -0.4 is 15.4 Å². The third kappa shape index (κ3) is 4.15. The lowest BCUT2D eigenvalue weighted by Gasteiger charge is -2.33. The Morgan fingerprint density at radius 1 is 1.14 bits per heavy atom. The predicted octanol–water partition coefficient (Wildman–Crippen LogP) is 3.07. The van der Waals surface area contributed by atoms with Gasteiger partial charge >= 0.3 is 0 Å². The zero-order valence-corrected chi connectivity index (χ0v) is 21.5. The maximum atomic E-state index is 13.8. The number of benzene rings is 2. The van der Waals surface area contributed by atoms with Crippen LogP contribution in [0.3, 0.4) is 0 Å². The van der Waals surface area contributed by atoms with Gasteiger partial charge in [0.15, 0.2) is 0 Å². The number of amides is 3. The van der Waals surface area contributed by atoms with Crippen molar-refractivity contribution in [1.29, 1.82) is 0 Å². The van der Waals surface area contributed by atoms with Crippen LogP contribution in [-0.4, -0.2) is 64.7 Å². The lowest BCUT2D eigenvalue weighted by Crippen LogP contribution is -2.53. The van der Waals surface area contributed by atoms with Crippen molar-refractivity contribution in [1.82, 2.24) is 4.90 Å². The molecule has 1 spiro atoms. The van der Waals surface area contributed by atoms with Gasteiger partial charge in [0.05, 0.1) is 41.4 Å². The van der Waals surface area contributed by atoms with E-state index in [2.05, 4.69) is 10.6 Å². The number of carbonyl (C=O) groups excluding carboxylic acids is 3. The number of β-amino-alcohol motifs (C(OH)–C–C–N with tert-alkyl or cyclic N) is 1. The topological polar surface area (TPSA) is 117 Å². The zero-order valence-electron chi connectivity index (χ0n) is 20.7. The Kier molecular flexibility index (Phi) is 6.64. The van der Waals surface area contributed by atoms with Gasteiger partial charge in [-0.15, -0.1) is 0 Å². The summed E-state index contributed by atoms with van der Waals surface area (Å²) in [7, 11) is 0. The van der Waals surface area contributed by atoms with Crippen LogP contribution in [-0.2, 0) is 19.1 Å². The van der Waals surface area contributed by atoms with Crippen molar-refractivity contribution in [3.05, 3.63) is 53.6 Å². The molecule has 2 unspecified atom stereocenters. The van der Waals surface area contributed by atoms with E-state index in [1.807, 2.05) is 13.8 Å². The molecule has 0 aromatic heterocycles. The summed E-state index contributed by atoms with van der Waals surface area (Å²) in [5.74, 6) is -2.16. The summed E-state index contributed by atoms with van der Waals surface area (Å²) in [6, 6.07) is 12.8. The minimum absolute atomic E-state index is 0.0506. The third-order valence-corrected chi connectivity index (χ3v) is 8.04. The Bertz CT molecular complexity index is 1220. The largest absolute Gasteiger partial charge is 0.494 e. The number of anilines is 2. The fraction of sp³-hybridized carbons (Fsp3) is 0.444. The fourth-order valence-corrected chi connectivity index (χ4v) is 6.44. The minimum atomic E-state index is -1.19. The van der Waals surface area contributed by atoms with Crippen LogP contribution >= 0.6 is 11.6 Å². The summed E-state index contributed by atoms with van der Waals surface area (Å²) in [4.78, 5) is 42.4. The summed E-state index contributed by atoms with van der Waals surface area (Å²) in [5.41, 5.74) is -1.12. The zero-order chi connectivity index (χ0) is 26.4. The van der Waals surface area contributed by atoms with E-state index in [9.17, 15) is 19.5 Å². The van der Waals surface area contributed by atoms with E-state index in [0.29, 0.717) is 41.6 Å². The number of para-hydroxylation sites is 1. The van der Waals surface area contributed by atoms with Gasteiger partial charge in [0.2, 0.25) is 17.7 Å². The van der Waals surface area contributed by atoms with E-state index in [0.717, 1.165) is 0 Å². The van der Waals surface area contributed by atoms with Crippen molar-refractivity contribution in [3.8, 4) is 5.75 Å². The van der Waals surface area contributed by atoms with E-state index in [1.54, 1.807) is 48.5 Å². The van der Waals surface area contributed by atoms with Crippen molar-refractivity contribution in [2.75, 3.05) is 30.4 Å². The molecule has 0 radical (unpaired) electrons. The molecule has 2 bridgehead atoms. The van der Waals surface area contributed by atoms with Crippen LogP contribution in [0.2, 0.25) is 5.02 Å². The summed E-state index contributed by atoms with van der Waals surface area (Å²) < 4.78 is 12.0. The SMILES string of the molecule is CCOc1ccc(NC(=O)[C@@H]2[C@H]3C(=O)N(CCO)C(C(=O)Nc4ccccc4Cl)C34CC[C@@]2(C)O4)cc1. The molecule has 3 N–H and O–H groups in total. The molecule has 3 amide bonds. The first-order valence-corrected chi connectivity index (χ1v) is 12.8. The molecule has 196 valence electrons. The molecule has 2 aromatic rings. The van der Waals surface area contributed by atoms with Gasteiger partial charge < -0.3 is 30.1 Å². The van der Waals surface area contributed by atoms with Gasteiger partial charge in [-0.05, 0) is 63.1 Å². The number of ether oxygens (including phenoxy) is 2. The number of halogens is 1. The maximum absolute atomic E-state index is 13.8. The molecule has 0 aliphatic carbocycles. The molecule has 3 aliphatic heterocycles. The van der Waals surface area contributed by atoms with Gasteiger partial charge in [0.25, 0.3) is 0 Å². The van der Waals surface area contributed by atoms with Crippen molar-refractivity contribution in [2.45, 2.75) is 43.9 Å². The van der Waals surface area contributed by atoms with Gasteiger partial charge in [0.1, 0.15) is 17.4 Å². The van der Waals surface area contributed by atoms with Crippen molar-refractivity contribution in [2.24, 2.45) is 11.8 Å². The Balaban J connectivity index is 1.45. The molecule has 5 atom stereocenters. The van der Waals surface area contributed by atoms with Gasteiger partial charge in [-0.3, -0.25) is 14.4 Å². The Morgan fingerprint density at radius 3 is 2.54 bits per heavy atom. The van der Waals surface area contributed by atoms with E-state index in [4.69, 9.17) is 21.1 Å². The molecule has 3 saturated heterocycles. The summed E-state index contributed by atoms with van der Waals surface area (Å²) in [5, 5.41) is 15.8. The van der Waals surface area contributed by atoms with Crippen LogP contribution in [0.4, 0.5) is 11.4 Å². The molecule has 0 saturated carbocycles. The summed E-state index contributed by atoms with van der Waals surface area (Å²) in [6.07, 6.45) is 0.955.